The van der Waals surface area contributed by atoms with Gasteiger partial charge in [0.2, 0.25) is 0 Å². The molecular weight excluding hydrogens is 564 g/mol. The van der Waals surface area contributed by atoms with E-state index in [0.29, 0.717) is 51.6 Å². The summed E-state index contributed by atoms with van der Waals surface area (Å²) in [6.45, 7) is 17.5. The summed E-state index contributed by atoms with van der Waals surface area (Å²) in [6, 6.07) is 0. The van der Waals surface area contributed by atoms with Crippen molar-refractivity contribution in [3.63, 3.8) is 0 Å². The number of nitrogens with one attached hydrogen (secondary N) is 2. The SMILES string of the molecule is CNCCOCCOCCOCCCNC(=O)OC1CC[C@@]2(C)C(=CC[C@H]3[C@@H]4CC[C@H]([C@H](C)CCCC(C)C)[C@@]4(C)CC[C@@H]32)C1. The van der Waals surface area contributed by atoms with E-state index in [0.717, 1.165) is 67.7 Å². The Morgan fingerprint density at radius 1 is 0.867 bits per heavy atom. The molecule has 0 aromatic heterocycles. The molecule has 8 atom stereocenters. The van der Waals surface area contributed by atoms with Gasteiger partial charge >= 0.3 is 6.09 Å². The molecule has 0 spiro atoms. The van der Waals surface area contributed by atoms with Gasteiger partial charge in [0, 0.05) is 26.1 Å². The molecule has 2 N–H and O–H groups in total. The van der Waals surface area contributed by atoms with Gasteiger partial charge in [-0.05, 0) is 105 Å². The zero-order chi connectivity index (χ0) is 32.3. The Balaban J connectivity index is 1.14. The first-order valence-electron chi connectivity index (χ1n) is 18.7. The maximum absolute atomic E-state index is 12.6. The minimum absolute atomic E-state index is 0.00658. The highest BCUT2D eigenvalue weighted by molar-refractivity contribution is 5.67. The fourth-order valence-corrected chi connectivity index (χ4v) is 10.0. The molecule has 0 radical (unpaired) electrons. The van der Waals surface area contributed by atoms with Crippen molar-refractivity contribution in [2.24, 2.45) is 46.3 Å². The third-order valence-corrected chi connectivity index (χ3v) is 12.5. The number of hydrogen-bond acceptors (Lipinski definition) is 6. The van der Waals surface area contributed by atoms with E-state index in [4.69, 9.17) is 18.9 Å². The minimum atomic E-state index is -0.285. The predicted octanol–water partition coefficient (Wildman–Crippen LogP) is 7.78. The third kappa shape index (κ3) is 9.70. The Morgan fingerprint density at radius 2 is 1.60 bits per heavy atom. The monoisotopic (exact) mass is 633 g/mol. The second-order valence-electron chi connectivity index (χ2n) is 15.8. The molecule has 45 heavy (non-hydrogen) atoms. The highest BCUT2D eigenvalue weighted by atomic mass is 16.6. The van der Waals surface area contributed by atoms with Crippen molar-refractivity contribution in [3.8, 4) is 0 Å². The quantitative estimate of drug-likeness (QED) is 0.112. The van der Waals surface area contributed by atoms with Crippen LogP contribution in [-0.4, -0.2) is 72.0 Å². The van der Waals surface area contributed by atoms with Crippen LogP contribution in [0, 0.1) is 46.3 Å². The van der Waals surface area contributed by atoms with Crippen LogP contribution in [0.15, 0.2) is 11.6 Å². The molecule has 1 unspecified atom stereocenters. The lowest BCUT2D eigenvalue weighted by Gasteiger charge is -2.58. The Kier molecular flexibility index (Phi) is 14.5. The van der Waals surface area contributed by atoms with Gasteiger partial charge in [0.1, 0.15) is 6.10 Å². The summed E-state index contributed by atoms with van der Waals surface area (Å²) < 4.78 is 22.5. The molecule has 0 aromatic carbocycles. The lowest BCUT2D eigenvalue weighted by atomic mass is 9.47. The van der Waals surface area contributed by atoms with Gasteiger partial charge in [-0.1, -0.05) is 65.5 Å². The molecule has 4 aliphatic rings. The molecule has 0 aliphatic heterocycles. The van der Waals surface area contributed by atoms with Crippen LogP contribution in [0.5, 0.6) is 0 Å². The van der Waals surface area contributed by atoms with Gasteiger partial charge in [-0.3, -0.25) is 0 Å². The molecule has 0 saturated heterocycles. The lowest BCUT2D eigenvalue weighted by molar-refractivity contribution is -0.0581. The van der Waals surface area contributed by atoms with Crippen LogP contribution in [0.2, 0.25) is 0 Å². The maximum atomic E-state index is 12.6. The van der Waals surface area contributed by atoms with E-state index < -0.39 is 0 Å². The van der Waals surface area contributed by atoms with E-state index in [9.17, 15) is 4.79 Å². The van der Waals surface area contributed by atoms with Crippen molar-refractivity contribution in [2.45, 2.75) is 118 Å². The number of hydrogen-bond donors (Lipinski definition) is 2. The molecule has 4 aliphatic carbocycles. The number of alkyl carbamates (subject to hydrolysis) is 1. The summed E-state index contributed by atoms with van der Waals surface area (Å²) in [5.74, 6) is 5.10. The van der Waals surface area contributed by atoms with Crippen LogP contribution in [-0.2, 0) is 18.9 Å². The number of allylic oxidation sites excluding steroid dienone is 1. The molecule has 1 amide bonds. The Morgan fingerprint density at radius 3 is 2.33 bits per heavy atom. The van der Waals surface area contributed by atoms with Gasteiger partial charge < -0.3 is 29.6 Å². The van der Waals surface area contributed by atoms with Crippen LogP contribution >= 0.6 is 0 Å². The van der Waals surface area contributed by atoms with E-state index in [1.807, 2.05) is 7.05 Å². The Labute approximate surface area is 275 Å². The predicted molar refractivity (Wildman–Crippen MR) is 182 cm³/mol. The molecule has 3 saturated carbocycles. The van der Waals surface area contributed by atoms with Crippen LogP contribution in [0.25, 0.3) is 0 Å². The van der Waals surface area contributed by atoms with Crippen molar-refractivity contribution < 1.29 is 23.7 Å². The van der Waals surface area contributed by atoms with Gasteiger partial charge in [0.05, 0.1) is 33.0 Å². The number of rotatable bonds is 19. The van der Waals surface area contributed by atoms with E-state index in [1.165, 1.54) is 51.4 Å². The molecule has 0 heterocycles. The van der Waals surface area contributed by atoms with Crippen molar-refractivity contribution in [2.75, 3.05) is 59.8 Å². The van der Waals surface area contributed by atoms with Gasteiger partial charge in [-0.25, -0.2) is 4.79 Å². The van der Waals surface area contributed by atoms with Crippen LogP contribution in [0.3, 0.4) is 0 Å². The summed E-state index contributed by atoms with van der Waals surface area (Å²) >= 11 is 0. The maximum Gasteiger partial charge on any atom is 0.407 e. The average Bonchev–Trinajstić information content (AvgIpc) is 3.37. The Bertz CT molecular complexity index is 926. The number of likely N-dealkylation sites (N-methyl/N-ethyl adjacent to an activating group) is 1. The summed E-state index contributed by atoms with van der Waals surface area (Å²) in [5, 5.41) is 5.98. The van der Waals surface area contributed by atoms with E-state index in [-0.39, 0.29) is 17.6 Å². The largest absolute Gasteiger partial charge is 0.446 e. The lowest BCUT2D eigenvalue weighted by Crippen LogP contribution is -2.51. The molecule has 7 heteroatoms. The molecular formula is C38H68N2O5. The van der Waals surface area contributed by atoms with Crippen LogP contribution < -0.4 is 10.6 Å². The highest BCUT2D eigenvalue weighted by Crippen LogP contribution is 2.67. The molecule has 260 valence electrons. The number of carbonyl (C=O) groups excluding carboxylic acids is 1. The van der Waals surface area contributed by atoms with Gasteiger partial charge in [0.25, 0.3) is 0 Å². The minimum Gasteiger partial charge on any atom is -0.446 e. The van der Waals surface area contributed by atoms with Crippen LogP contribution in [0.1, 0.15) is 112 Å². The van der Waals surface area contributed by atoms with Crippen LogP contribution in [0.4, 0.5) is 4.79 Å². The number of fused-ring (bicyclic) bond motifs is 5. The van der Waals surface area contributed by atoms with Crippen molar-refractivity contribution in [1.29, 1.82) is 0 Å². The van der Waals surface area contributed by atoms with Gasteiger partial charge in [-0.2, -0.15) is 0 Å². The topological polar surface area (TPSA) is 78.0 Å². The molecule has 7 nitrogen and oxygen atoms in total. The average molecular weight is 633 g/mol. The zero-order valence-corrected chi connectivity index (χ0v) is 29.8. The molecule has 3 fully saturated rings. The number of amides is 1. The molecule has 4 rings (SSSR count). The van der Waals surface area contributed by atoms with Gasteiger partial charge in [0.15, 0.2) is 0 Å². The molecule has 0 bridgehead atoms. The van der Waals surface area contributed by atoms with E-state index >= 15 is 0 Å². The number of ether oxygens (including phenoxy) is 4. The first kappa shape index (κ1) is 36.7. The highest BCUT2D eigenvalue weighted by Gasteiger charge is 2.59. The third-order valence-electron chi connectivity index (χ3n) is 12.5. The fraction of sp³-hybridized carbons (Fsp3) is 0.921. The van der Waals surface area contributed by atoms with Gasteiger partial charge in [-0.15, -0.1) is 0 Å². The first-order chi connectivity index (χ1) is 21.7. The summed E-state index contributed by atoms with van der Waals surface area (Å²) in [5.41, 5.74) is 2.38. The van der Waals surface area contributed by atoms with Crippen molar-refractivity contribution in [1.82, 2.24) is 10.6 Å². The van der Waals surface area contributed by atoms with Crippen molar-refractivity contribution >= 4 is 6.09 Å². The summed E-state index contributed by atoms with van der Waals surface area (Å²) in [4.78, 5) is 12.6. The smallest absolute Gasteiger partial charge is 0.407 e. The first-order valence-corrected chi connectivity index (χ1v) is 18.7. The second-order valence-corrected chi connectivity index (χ2v) is 15.8. The van der Waals surface area contributed by atoms with E-state index in [2.05, 4.69) is 51.3 Å². The Hall–Kier alpha value is -1.15. The number of carbonyl (C=O) groups is 1. The fourth-order valence-electron chi connectivity index (χ4n) is 10.0. The summed E-state index contributed by atoms with van der Waals surface area (Å²) in [6.07, 6.45) is 17.2. The molecule has 0 aromatic rings. The standard InChI is InChI=1S/C38H68N2O5/c1-28(2)9-7-10-29(3)33-13-14-34-32-12-11-30-27-31(15-17-37(30,4)35(32)16-18-38(33,34)5)45-36(41)40-19-8-21-42-23-25-44-26-24-43-22-20-39-6/h11,28-29,31-35,39H,7-10,12-27H2,1-6H3,(H,40,41)/t29-,31?,32+,33-,34+,35+,37+,38-/m1/s1. The van der Waals surface area contributed by atoms with E-state index in [1.54, 1.807) is 5.57 Å². The second kappa shape index (κ2) is 17.8. The zero-order valence-electron chi connectivity index (χ0n) is 29.8. The normalized spacial score (nSPS) is 33.2. The van der Waals surface area contributed by atoms with Crippen molar-refractivity contribution in [3.05, 3.63) is 11.6 Å². The summed E-state index contributed by atoms with van der Waals surface area (Å²) in [7, 11) is 1.91.